The van der Waals surface area contributed by atoms with E-state index in [0.717, 1.165) is 32.5 Å². The third-order valence-electron chi connectivity index (χ3n) is 5.31. The molecule has 0 spiro atoms. The van der Waals surface area contributed by atoms with Gasteiger partial charge in [-0.1, -0.05) is 60.7 Å². The Labute approximate surface area is 143 Å². The van der Waals surface area contributed by atoms with Crippen molar-refractivity contribution in [1.82, 2.24) is 15.1 Å². The standard InChI is InChI=1S/C21H23N3/c1-3-7-18(8-4-1)21(19-9-5-2-6-10-19)12-15-24(16-13-21)17-20-11-14-22-23-20/h1-11,14H,12-13,15-17H2,(H,22,23). The van der Waals surface area contributed by atoms with Gasteiger partial charge in [-0.15, -0.1) is 0 Å². The highest BCUT2D eigenvalue weighted by Gasteiger charge is 2.37. The van der Waals surface area contributed by atoms with Gasteiger partial charge in [-0.2, -0.15) is 5.10 Å². The van der Waals surface area contributed by atoms with Crippen LogP contribution >= 0.6 is 0 Å². The summed E-state index contributed by atoms with van der Waals surface area (Å²) in [5, 5.41) is 7.14. The summed E-state index contributed by atoms with van der Waals surface area (Å²) in [6, 6.07) is 24.1. The van der Waals surface area contributed by atoms with Gasteiger partial charge in [0.2, 0.25) is 0 Å². The number of piperidine rings is 1. The van der Waals surface area contributed by atoms with Crippen molar-refractivity contribution >= 4 is 0 Å². The van der Waals surface area contributed by atoms with E-state index in [0.29, 0.717) is 0 Å². The fourth-order valence-corrected chi connectivity index (χ4v) is 3.96. The summed E-state index contributed by atoms with van der Waals surface area (Å²) in [4.78, 5) is 2.53. The van der Waals surface area contributed by atoms with Crippen molar-refractivity contribution in [2.75, 3.05) is 13.1 Å². The van der Waals surface area contributed by atoms with Gasteiger partial charge in [0, 0.05) is 23.9 Å². The number of rotatable bonds is 4. The summed E-state index contributed by atoms with van der Waals surface area (Å²) in [6.45, 7) is 3.16. The lowest BCUT2D eigenvalue weighted by molar-refractivity contribution is 0.170. The zero-order valence-corrected chi connectivity index (χ0v) is 13.9. The minimum absolute atomic E-state index is 0.132. The van der Waals surface area contributed by atoms with E-state index in [4.69, 9.17) is 0 Å². The quantitative estimate of drug-likeness (QED) is 0.789. The highest BCUT2D eigenvalue weighted by molar-refractivity contribution is 5.40. The Hall–Kier alpha value is -2.39. The summed E-state index contributed by atoms with van der Waals surface area (Å²) in [5.74, 6) is 0. The molecule has 3 heteroatoms. The molecular formula is C21H23N3. The summed E-state index contributed by atoms with van der Waals surface area (Å²) in [6.07, 6.45) is 4.13. The van der Waals surface area contributed by atoms with Crippen molar-refractivity contribution in [2.45, 2.75) is 24.8 Å². The topological polar surface area (TPSA) is 31.9 Å². The van der Waals surface area contributed by atoms with Crippen LogP contribution in [0.25, 0.3) is 0 Å². The van der Waals surface area contributed by atoms with Crippen LogP contribution in [0.4, 0.5) is 0 Å². The van der Waals surface area contributed by atoms with Crippen molar-refractivity contribution < 1.29 is 0 Å². The van der Waals surface area contributed by atoms with Crippen molar-refractivity contribution in [1.29, 1.82) is 0 Å². The highest BCUT2D eigenvalue weighted by atomic mass is 15.2. The Balaban J connectivity index is 1.60. The van der Waals surface area contributed by atoms with Crippen LogP contribution < -0.4 is 0 Å². The van der Waals surface area contributed by atoms with Crippen molar-refractivity contribution in [2.24, 2.45) is 0 Å². The molecule has 122 valence electrons. The van der Waals surface area contributed by atoms with Gasteiger partial charge in [-0.05, 0) is 43.1 Å². The molecule has 0 radical (unpaired) electrons. The minimum atomic E-state index is 0.132. The fourth-order valence-electron chi connectivity index (χ4n) is 3.96. The molecule has 1 fully saturated rings. The van der Waals surface area contributed by atoms with E-state index in [9.17, 15) is 0 Å². The molecule has 1 aliphatic rings. The van der Waals surface area contributed by atoms with E-state index >= 15 is 0 Å². The number of hydrogen-bond acceptors (Lipinski definition) is 2. The summed E-state index contributed by atoms with van der Waals surface area (Å²) >= 11 is 0. The Morgan fingerprint density at radius 1 is 0.833 bits per heavy atom. The predicted molar refractivity (Wildman–Crippen MR) is 96.8 cm³/mol. The first kappa shape index (κ1) is 15.2. The molecule has 0 unspecified atom stereocenters. The molecule has 0 aliphatic carbocycles. The van der Waals surface area contributed by atoms with Gasteiger partial charge in [-0.3, -0.25) is 10.00 Å². The van der Waals surface area contributed by atoms with Crippen LogP contribution in [-0.2, 0) is 12.0 Å². The van der Waals surface area contributed by atoms with Crippen molar-refractivity contribution in [3.8, 4) is 0 Å². The summed E-state index contributed by atoms with van der Waals surface area (Å²) in [5.41, 5.74) is 4.21. The van der Waals surface area contributed by atoms with Crippen LogP contribution in [0, 0.1) is 0 Å². The number of aromatic nitrogens is 2. The monoisotopic (exact) mass is 317 g/mol. The van der Waals surface area contributed by atoms with Crippen LogP contribution in [-0.4, -0.2) is 28.2 Å². The smallest absolute Gasteiger partial charge is 0.0492 e. The van der Waals surface area contributed by atoms with Gasteiger partial charge in [-0.25, -0.2) is 0 Å². The number of H-pyrrole nitrogens is 1. The first-order valence-electron chi connectivity index (χ1n) is 8.68. The Morgan fingerprint density at radius 2 is 1.42 bits per heavy atom. The molecule has 1 aromatic heterocycles. The van der Waals surface area contributed by atoms with Crippen LogP contribution in [0.15, 0.2) is 72.9 Å². The number of aromatic amines is 1. The van der Waals surface area contributed by atoms with Gasteiger partial charge in [0.25, 0.3) is 0 Å². The zero-order chi connectivity index (χ0) is 16.2. The van der Waals surface area contributed by atoms with Crippen LogP contribution in [0.2, 0.25) is 0 Å². The van der Waals surface area contributed by atoms with E-state index in [1.165, 1.54) is 16.8 Å². The van der Waals surface area contributed by atoms with Gasteiger partial charge in [0.1, 0.15) is 0 Å². The van der Waals surface area contributed by atoms with Crippen LogP contribution in [0.5, 0.6) is 0 Å². The molecule has 24 heavy (non-hydrogen) atoms. The minimum Gasteiger partial charge on any atom is -0.297 e. The van der Waals surface area contributed by atoms with E-state index in [1.54, 1.807) is 0 Å². The van der Waals surface area contributed by atoms with Crippen LogP contribution in [0.3, 0.4) is 0 Å². The molecule has 2 heterocycles. The maximum absolute atomic E-state index is 4.06. The van der Waals surface area contributed by atoms with E-state index in [2.05, 4.69) is 81.8 Å². The van der Waals surface area contributed by atoms with Crippen LogP contribution in [0.1, 0.15) is 29.7 Å². The van der Waals surface area contributed by atoms with Gasteiger partial charge in [0.05, 0.1) is 0 Å². The third kappa shape index (κ3) is 2.87. The second kappa shape index (κ2) is 6.62. The zero-order valence-electron chi connectivity index (χ0n) is 13.9. The number of nitrogens with zero attached hydrogens (tertiary/aromatic N) is 2. The Bertz CT molecular complexity index is 701. The van der Waals surface area contributed by atoms with E-state index in [-0.39, 0.29) is 5.41 Å². The first-order chi connectivity index (χ1) is 11.9. The molecule has 0 bridgehead atoms. The number of hydrogen-bond donors (Lipinski definition) is 1. The molecule has 3 aromatic rings. The lowest BCUT2D eigenvalue weighted by atomic mass is 9.68. The molecule has 0 atom stereocenters. The molecule has 3 nitrogen and oxygen atoms in total. The first-order valence-corrected chi connectivity index (χ1v) is 8.68. The molecule has 2 aromatic carbocycles. The van der Waals surface area contributed by atoms with Gasteiger partial charge < -0.3 is 0 Å². The molecule has 4 rings (SSSR count). The van der Waals surface area contributed by atoms with E-state index in [1.807, 2.05) is 6.20 Å². The number of benzene rings is 2. The lowest BCUT2D eigenvalue weighted by Gasteiger charge is -2.42. The average molecular weight is 317 g/mol. The van der Waals surface area contributed by atoms with Crippen molar-refractivity contribution in [3.63, 3.8) is 0 Å². The maximum Gasteiger partial charge on any atom is 0.0492 e. The molecule has 0 amide bonds. The normalized spacial score (nSPS) is 17.7. The van der Waals surface area contributed by atoms with Crippen molar-refractivity contribution in [3.05, 3.63) is 89.7 Å². The fraction of sp³-hybridized carbons (Fsp3) is 0.286. The average Bonchev–Trinajstić information content (AvgIpc) is 3.17. The molecule has 1 aliphatic heterocycles. The SMILES string of the molecule is c1ccc(C2(c3ccccc3)CCN(Cc3ccn[nH]3)CC2)cc1. The number of nitrogens with one attached hydrogen (secondary N) is 1. The second-order valence-electron chi connectivity index (χ2n) is 6.67. The predicted octanol–water partition coefficient (Wildman–Crippen LogP) is 3.99. The third-order valence-corrected chi connectivity index (χ3v) is 5.31. The molecule has 1 N–H and O–H groups in total. The summed E-state index contributed by atoms with van der Waals surface area (Å²) < 4.78 is 0. The lowest BCUT2D eigenvalue weighted by Crippen LogP contribution is -2.43. The highest BCUT2D eigenvalue weighted by Crippen LogP contribution is 2.41. The second-order valence-corrected chi connectivity index (χ2v) is 6.67. The molecule has 1 saturated heterocycles. The Kier molecular flexibility index (Phi) is 4.18. The van der Waals surface area contributed by atoms with Gasteiger partial charge in [0.15, 0.2) is 0 Å². The van der Waals surface area contributed by atoms with E-state index < -0.39 is 0 Å². The largest absolute Gasteiger partial charge is 0.297 e. The Morgan fingerprint density at radius 3 is 1.92 bits per heavy atom. The molecule has 0 saturated carbocycles. The summed E-state index contributed by atoms with van der Waals surface area (Å²) in [7, 11) is 0. The maximum atomic E-state index is 4.06. The number of likely N-dealkylation sites (tertiary alicyclic amines) is 1. The van der Waals surface area contributed by atoms with Gasteiger partial charge >= 0.3 is 0 Å². The molecular weight excluding hydrogens is 294 g/mol.